The van der Waals surface area contributed by atoms with Gasteiger partial charge in [0.25, 0.3) is 11.8 Å². The van der Waals surface area contributed by atoms with Gasteiger partial charge in [0.05, 0.1) is 11.6 Å². The van der Waals surface area contributed by atoms with Crippen molar-refractivity contribution in [2.24, 2.45) is 0 Å². The topological polar surface area (TPSA) is 58.2 Å². The van der Waals surface area contributed by atoms with E-state index in [4.69, 9.17) is 0 Å². The minimum atomic E-state index is -4.88. The molecule has 2 N–H and O–H groups in total. The van der Waals surface area contributed by atoms with Crippen molar-refractivity contribution in [3.8, 4) is 0 Å². The Morgan fingerprint density at radius 2 is 1.76 bits per heavy atom. The second kappa shape index (κ2) is 8.22. The van der Waals surface area contributed by atoms with Crippen LogP contribution in [0.15, 0.2) is 53.0 Å². The van der Waals surface area contributed by atoms with Crippen LogP contribution < -0.4 is 10.6 Å². The average molecular weight is 529 g/mol. The van der Waals surface area contributed by atoms with Gasteiger partial charge in [-0.3, -0.25) is 9.59 Å². The van der Waals surface area contributed by atoms with Gasteiger partial charge < -0.3 is 10.6 Å². The van der Waals surface area contributed by atoms with Crippen LogP contribution in [0.4, 0.5) is 32.0 Å². The molecule has 33 heavy (non-hydrogen) atoms. The molecule has 3 aromatic carbocycles. The second-order valence-corrected chi connectivity index (χ2v) is 8.06. The predicted octanol–water partition coefficient (Wildman–Crippen LogP) is 5.97. The largest absolute Gasteiger partial charge is 0.416 e. The van der Waals surface area contributed by atoms with Crippen molar-refractivity contribution in [3.05, 3.63) is 98.3 Å². The number of carbonyl (C=O) groups excluding carboxylic acids is 2. The highest BCUT2D eigenvalue weighted by Crippen LogP contribution is 2.40. The molecular weight excluding hydrogens is 518 g/mol. The van der Waals surface area contributed by atoms with Gasteiger partial charge in [-0.2, -0.15) is 13.2 Å². The van der Waals surface area contributed by atoms with E-state index in [0.717, 1.165) is 6.07 Å². The van der Waals surface area contributed by atoms with Gasteiger partial charge in [-0.1, -0.05) is 28.1 Å². The van der Waals surface area contributed by atoms with Crippen LogP contribution in [0.2, 0.25) is 0 Å². The van der Waals surface area contributed by atoms with Crippen LogP contribution in [0.1, 0.15) is 43.4 Å². The molecule has 1 aliphatic heterocycles. The van der Waals surface area contributed by atoms with Crippen molar-refractivity contribution in [1.82, 2.24) is 5.32 Å². The van der Waals surface area contributed by atoms with Crippen molar-refractivity contribution >= 4 is 33.4 Å². The number of rotatable bonds is 3. The third-order valence-corrected chi connectivity index (χ3v) is 5.44. The number of halogens is 7. The Morgan fingerprint density at radius 1 is 1.03 bits per heavy atom. The highest BCUT2D eigenvalue weighted by atomic mass is 79.9. The molecular formula is C22H11BrF6N2O2. The standard InChI is InChI=1S/C22H11BrF6N2O2/c23-11-7-14-17(19(31-21(14)33)13-2-1-3-15(25)18(13)26)16(8-11)30-20(32)9-4-10(22(27,28)29)6-12(24)5-9/h1-8,19H,(H,30,32)(H,31,33)/t19-/m0/s1. The maximum absolute atomic E-state index is 14.4. The first-order valence-corrected chi connectivity index (χ1v) is 10.0. The Balaban J connectivity index is 1.79. The van der Waals surface area contributed by atoms with Crippen molar-refractivity contribution in [1.29, 1.82) is 0 Å². The first-order chi connectivity index (χ1) is 15.5. The molecule has 0 spiro atoms. The van der Waals surface area contributed by atoms with E-state index < -0.39 is 52.6 Å². The summed E-state index contributed by atoms with van der Waals surface area (Å²) in [4.78, 5) is 25.2. The van der Waals surface area contributed by atoms with Gasteiger partial charge in [-0.25, -0.2) is 13.2 Å². The Morgan fingerprint density at radius 3 is 2.45 bits per heavy atom. The van der Waals surface area contributed by atoms with E-state index >= 15 is 0 Å². The zero-order valence-corrected chi connectivity index (χ0v) is 17.7. The van der Waals surface area contributed by atoms with Crippen LogP contribution in [-0.4, -0.2) is 11.8 Å². The summed E-state index contributed by atoms with van der Waals surface area (Å²) < 4.78 is 81.3. The number of benzene rings is 3. The zero-order valence-electron chi connectivity index (χ0n) is 16.2. The first kappa shape index (κ1) is 22.8. The molecule has 0 aliphatic carbocycles. The van der Waals surface area contributed by atoms with Gasteiger partial charge in [-0.15, -0.1) is 0 Å². The Labute approximate surface area is 190 Å². The van der Waals surface area contributed by atoms with E-state index in [-0.39, 0.29) is 28.4 Å². The quantitative estimate of drug-likeness (QED) is 0.411. The second-order valence-electron chi connectivity index (χ2n) is 7.14. The molecule has 0 saturated carbocycles. The summed E-state index contributed by atoms with van der Waals surface area (Å²) in [5, 5.41) is 4.84. The fourth-order valence-corrected chi connectivity index (χ4v) is 4.01. The molecule has 0 aromatic heterocycles. The third-order valence-electron chi connectivity index (χ3n) is 4.98. The molecule has 4 rings (SSSR count). The Kier molecular flexibility index (Phi) is 5.69. The summed E-state index contributed by atoms with van der Waals surface area (Å²) >= 11 is 3.17. The van der Waals surface area contributed by atoms with E-state index in [1.807, 2.05) is 0 Å². The molecule has 0 radical (unpaired) electrons. The van der Waals surface area contributed by atoms with Gasteiger partial charge in [0.1, 0.15) is 5.82 Å². The number of amides is 2. The molecule has 1 heterocycles. The number of carbonyl (C=O) groups is 2. The zero-order chi connectivity index (χ0) is 24.1. The Bertz CT molecular complexity index is 1310. The lowest BCUT2D eigenvalue weighted by atomic mass is 9.95. The molecule has 1 atom stereocenters. The van der Waals surface area contributed by atoms with Crippen molar-refractivity contribution in [2.45, 2.75) is 12.2 Å². The van der Waals surface area contributed by atoms with Crippen molar-refractivity contribution < 1.29 is 35.9 Å². The molecule has 0 unspecified atom stereocenters. The van der Waals surface area contributed by atoms with Crippen LogP contribution >= 0.6 is 15.9 Å². The summed E-state index contributed by atoms with van der Waals surface area (Å²) in [6.07, 6.45) is -4.88. The first-order valence-electron chi connectivity index (χ1n) is 9.23. The van der Waals surface area contributed by atoms with Gasteiger partial charge in [0.2, 0.25) is 0 Å². The normalized spacial score (nSPS) is 15.2. The minimum absolute atomic E-state index is 0.0311. The summed E-state index contributed by atoms with van der Waals surface area (Å²) in [7, 11) is 0. The molecule has 11 heteroatoms. The summed E-state index contributed by atoms with van der Waals surface area (Å²) in [5.41, 5.74) is -2.15. The van der Waals surface area contributed by atoms with E-state index in [2.05, 4.69) is 26.6 Å². The minimum Gasteiger partial charge on any atom is -0.341 e. The monoisotopic (exact) mass is 528 g/mol. The van der Waals surface area contributed by atoms with Crippen molar-refractivity contribution in [3.63, 3.8) is 0 Å². The fraction of sp³-hybridized carbons (Fsp3) is 0.0909. The van der Waals surface area contributed by atoms with E-state index in [0.29, 0.717) is 16.6 Å². The van der Waals surface area contributed by atoms with Crippen LogP contribution in [-0.2, 0) is 6.18 Å². The lowest BCUT2D eigenvalue weighted by Crippen LogP contribution is -2.22. The molecule has 0 bridgehead atoms. The smallest absolute Gasteiger partial charge is 0.341 e. The Hall–Kier alpha value is -3.34. The van der Waals surface area contributed by atoms with Crippen LogP contribution in [0.3, 0.4) is 0 Å². The van der Waals surface area contributed by atoms with E-state index in [1.165, 1.54) is 24.3 Å². The molecule has 2 amide bonds. The highest BCUT2D eigenvalue weighted by Gasteiger charge is 2.36. The molecule has 4 nitrogen and oxygen atoms in total. The van der Waals surface area contributed by atoms with Crippen molar-refractivity contribution in [2.75, 3.05) is 5.32 Å². The number of hydrogen-bond acceptors (Lipinski definition) is 2. The number of alkyl halides is 3. The lowest BCUT2D eigenvalue weighted by molar-refractivity contribution is -0.137. The summed E-state index contributed by atoms with van der Waals surface area (Å²) in [6, 6.07) is 6.26. The molecule has 1 aliphatic rings. The van der Waals surface area contributed by atoms with Gasteiger partial charge in [0, 0.05) is 32.4 Å². The maximum Gasteiger partial charge on any atom is 0.416 e. The molecule has 0 saturated heterocycles. The van der Waals surface area contributed by atoms with Gasteiger partial charge >= 0.3 is 6.18 Å². The number of hydrogen-bond donors (Lipinski definition) is 2. The highest BCUT2D eigenvalue weighted by molar-refractivity contribution is 9.10. The average Bonchev–Trinajstić information content (AvgIpc) is 3.05. The van der Waals surface area contributed by atoms with Gasteiger partial charge in [-0.05, 0) is 36.4 Å². The van der Waals surface area contributed by atoms with Crippen LogP contribution in [0.25, 0.3) is 0 Å². The lowest BCUT2D eigenvalue weighted by Gasteiger charge is -2.18. The van der Waals surface area contributed by atoms with Crippen LogP contribution in [0.5, 0.6) is 0 Å². The maximum atomic E-state index is 14.4. The number of fused-ring (bicyclic) bond motifs is 1. The number of anilines is 1. The molecule has 3 aromatic rings. The summed E-state index contributed by atoms with van der Waals surface area (Å²) in [6.45, 7) is 0. The molecule has 170 valence electrons. The predicted molar refractivity (Wildman–Crippen MR) is 109 cm³/mol. The SMILES string of the molecule is O=C(Nc1cc(Br)cc2c1[C@H](c1cccc(F)c1F)NC2=O)c1cc(F)cc(C(F)(F)F)c1. The fourth-order valence-electron chi connectivity index (χ4n) is 3.56. The number of nitrogens with one attached hydrogen (secondary N) is 2. The van der Waals surface area contributed by atoms with E-state index in [1.54, 1.807) is 0 Å². The van der Waals surface area contributed by atoms with Gasteiger partial charge in [0.15, 0.2) is 11.6 Å². The third kappa shape index (κ3) is 4.32. The summed E-state index contributed by atoms with van der Waals surface area (Å²) in [5.74, 6) is -5.38. The molecule has 0 fully saturated rings. The van der Waals surface area contributed by atoms with Crippen LogP contribution in [0, 0.1) is 17.5 Å². The van der Waals surface area contributed by atoms with E-state index in [9.17, 15) is 35.9 Å².